The quantitative estimate of drug-likeness (QED) is 0.765. The minimum absolute atomic E-state index is 0.148. The van der Waals surface area contributed by atoms with Crippen molar-refractivity contribution in [1.82, 2.24) is 4.90 Å². The lowest BCUT2D eigenvalue weighted by Crippen LogP contribution is -2.50. The molecule has 1 aliphatic heterocycles. The third-order valence-electron chi connectivity index (χ3n) is 4.26. The van der Waals surface area contributed by atoms with Gasteiger partial charge < -0.3 is 15.7 Å². The highest BCUT2D eigenvalue weighted by Gasteiger charge is 2.37. The van der Waals surface area contributed by atoms with Gasteiger partial charge in [0.2, 0.25) is 5.91 Å². The number of carbonyl (C=O) groups is 2. The molecule has 18 heavy (non-hydrogen) atoms. The van der Waals surface area contributed by atoms with Crippen LogP contribution in [-0.4, -0.2) is 40.5 Å². The van der Waals surface area contributed by atoms with E-state index in [1.165, 1.54) is 0 Å². The van der Waals surface area contributed by atoms with E-state index in [0.29, 0.717) is 25.3 Å². The molecular formula is C13H22N2O3. The zero-order chi connectivity index (χ0) is 13.2. The molecule has 2 aliphatic rings. The van der Waals surface area contributed by atoms with Gasteiger partial charge in [0.25, 0.3) is 0 Å². The Balaban J connectivity index is 1.74. The Morgan fingerprint density at radius 3 is 2.67 bits per heavy atom. The zero-order valence-corrected chi connectivity index (χ0v) is 10.7. The smallest absolute Gasteiger partial charge is 0.303 e. The molecule has 0 radical (unpaired) electrons. The molecule has 2 fully saturated rings. The van der Waals surface area contributed by atoms with Crippen molar-refractivity contribution < 1.29 is 14.7 Å². The molecule has 0 bridgehead atoms. The van der Waals surface area contributed by atoms with Crippen LogP contribution in [0.4, 0.5) is 0 Å². The Labute approximate surface area is 107 Å². The van der Waals surface area contributed by atoms with E-state index in [9.17, 15) is 9.59 Å². The SMILES string of the molecule is NC1(CC(=O)N2CCC(CCC(=O)O)C2)CCC1. The summed E-state index contributed by atoms with van der Waals surface area (Å²) in [5.74, 6) is -0.259. The Kier molecular flexibility index (Phi) is 3.90. The molecule has 5 nitrogen and oxygen atoms in total. The predicted molar refractivity (Wildman–Crippen MR) is 66.9 cm³/mol. The van der Waals surface area contributed by atoms with E-state index >= 15 is 0 Å². The lowest BCUT2D eigenvalue weighted by molar-refractivity contribution is -0.137. The van der Waals surface area contributed by atoms with Crippen LogP contribution in [0.3, 0.4) is 0 Å². The monoisotopic (exact) mass is 254 g/mol. The maximum atomic E-state index is 12.1. The molecule has 0 spiro atoms. The summed E-state index contributed by atoms with van der Waals surface area (Å²) in [4.78, 5) is 24.4. The third kappa shape index (κ3) is 3.22. The number of carboxylic acids is 1. The largest absolute Gasteiger partial charge is 0.481 e. The second kappa shape index (κ2) is 5.26. The molecule has 1 amide bonds. The number of nitrogens with two attached hydrogens (primary N) is 1. The number of carbonyl (C=O) groups excluding carboxylic acids is 1. The van der Waals surface area contributed by atoms with Crippen molar-refractivity contribution in [3.63, 3.8) is 0 Å². The third-order valence-corrected chi connectivity index (χ3v) is 4.26. The van der Waals surface area contributed by atoms with E-state index in [4.69, 9.17) is 10.8 Å². The van der Waals surface area contributed by atoms with E-state index in [1.54, 1.807) is 0 Å². The van der Waals surface area contributed by atoms with Crippen LogP contribution in [0, 0.1) is 5.92 Å². The summed E-state index contributed by atoms with van der Waals surface area (Å²) < 4.78 is 0. The highest BCUT2D eigenvalue weighted by Crippen LogP contribution is 2.33. The summed E-state index contributed by atoms with van der Waals surface area (Å²) in [6, 6.07) is 0. The van der Waals surface area contributed by atoms with Gasteiger partial charge in [-0.1, -0.05) is 0 Å². The molecule has 1 heterocycles. The van der Waals surface area contributed by atoms with Crippen LogP contribution in [0.25, 0.3) is 0 Å². The molecule has 102 valence electrons. The van der Waals surface area contributed by atoms with Crippen molar-refractivity contribution in [3.8, 4) is 0 Å². The van der Waals surface area contributed by atoms with Crippen LogP contribution < -0.4 is 5.73 Å². The molecule has 3 N–H and O–H groups in total. The summed E-state index contributed by atoms with van der Waals surface area (Å²) in [7, 11) is 0. The van der Waals surface area contributed by atoms with Gasteiger partial charge in [-0.2, -0.15) is 0 Å². The topological polar surface area (TPSA) is 83.6 Å². The van der Waals surface area contributed by atoms with Gasteiger partial charge in [-0.15, -0.1) is 0 Å². The number of hydrogen-bond acceptors (Lipinski definition) is 3. The zero-order valence-electron chi connectivity index (χ0n) is 10.7. The van der Waals surface area contributed by atoms with Crippen molar-refractivity contribution in [2.45, 2.75) is 50.5 Å². The molecule has 1 saturated heterocycles. The predicted octanol–water partition coefficient (Wildman–Crippen LogP) is 0.971. The highest BCUT2D eigenvalue weighted by atomic mass is 16.4. The van der Waals surface area contributed by atoms with Crippen LogP contribution in [-0.2, 0) is 9.59 Å². The maximum Gasteiger partial charge on any atom is 0.303 e. The van der Waals surface area contributed by atoms with Crippen molar-refractivity contribution in [3.05, 3.63) is 0 Å². The van der Waals surface area contributed by atoms with E-state index in [2.05, 4.69) is 0 Å². The molecule has 2 rings (SSSR count). The Morgan fingerprint density at radius 1 is 1.39 bits per heavy atom. The minimum Gasteiger partial charge on any atom is -0.481 e. The van der Waals surface area contributed by atoms with Crippen molar-refractivity contribution in [2.75, 3.05) is 13.1 Å². The van der Waals surface area contributed by atoms with Crippen LogP contribution >= 0.6 is 0 Å². The molecule has 1 unspecified atom stereocenters. The second-order valence-corrected chi connectivity index (χ2v) is 5.82. The standard InChI is InChI=1S/C13H22N2O3/c14-13(5-1-6-13)8-11(16)15-7-4-10(9-15)2-3-12(17)18/h10H,1-9,14H2,(H,17,18). The number of nitrogens with zero attached hydrogens (tertiary/aromatic N) is 1. The lowest BCUT2D eigenvalue weighted by atomic mass is 9.75. The molecule has 0 aromatic carbocycles. The lowest BCUT2D eigenvalue weighted by Gasteiger charge is -2.38. The number of aliphatic carboxylic acids is 1. The molecule has 1 aliphatic carbocycles. The van der Waals surface area contributed by atoms with Gasteiger partial charge in [0, 0.05) is 31.5 Å². The van der Waals surface area contributed by atoms with E-state index in [-0.39, 0.29) is 17.9 Å². The molecule has 0 aromatic rings. The molecular weight excluding hydrogens is 232 g/mol. The van der Waals surface area contributed by atoms with Crippen molar-refractivity contribution >= 4 is 11.9 Å². The fraction of sp³-hybridized carbons (Fsp3) is 0.846. The number of amides is 1. The number of carboxylic acid groups (broad SMARTS) is 1. The van der Waals surface area contributed by atoms with Gasteiger partial charge in [0.05, 0.1) is 0 Å². The molecule has 1 saturated carbocycles. The first-order valence-corrected chi connectivity index (χ1v) is 6.77. The van der Waals surface area contributed by atoms with Gasteiger partial charge in [-0.05, 0) is 38.0 Å². The van der Waals surface area contributed by atoms with Crippen molar-refractivity contribution in [2.24, 2.45) is 11.7 Å². The summed E-state index contributed by atoms with van der Waals surface area (Å²) in [6.45, 7) is 1.47. The van der Waals surface area contributed by atoms with Gasteiger partial charge in [0.1, 0.15) is 0 Å². The first kappa shape index (κ1) is 13.3. The average Bonchev–Trinajstić information content (AvgIpc) is 2.72. The number of rotatable bonds is 5. The average molecular weight is 254 g/mol. The summed E-state index contributed by atoms with van der Waals surface area (Å²) >= 11 is 0. The number of likely N-dealkylation sites (tertiary alicyclic amines) is 1. The summed E-state index contributed by atoms with van der Waals surface area (Å²) in [5, 5.41) is 8.64. The second-order valence-electron chi connectivity index (χ2n) is 5.82. The van der Waals surface area contributed by atoms with Gasteiger partial charge in [-0.25, -0.2) is 0 Å². The maximum absolute atomic E-state index is 12.1. The summed E-state index contributed by atoms with van der Waals surface area (Å²) in [5.41, 5.74) is 5.83. The van der Waals surface area contributed by atoms with Crippen LogP contribution in [0.5, 0.6) is 0 Å². The van der Waals surface area contributed by atoms with Gasteiger partial charge >= 0.3 is 5.97 Å². The fourth-order valence-electron chi connectivity index (χ4n) is 2.84. The normalized spacial score (nSPS) is 25.8. The Bertz CT molecular complexity index is 339. The number of hydrogen-bond donors (Lipinski definition) is 2. The van der Waals surface area contributed by atoms with Gasteiger partial charge in [-0.3, -0.25) is 9.59 Å². The van der Waals surface area contributed by atoms with E-state index in [1.807, 2.05) is 4.90 Å². The Hall–Kier alpha value is -1.10. The minimum atomic E-state index is -0.754. The fourth-order valence-corrected chi connectivity index (χ4v) is 2.84. The van der Waals surface area contributed by atoms with Crippen LogP contribution in [0.2, 0.25) is 0 Å². The Morgan fingerprint density at radius 2 is 2.11 bits per heavy atom. The first-order chi connectivity index (χ1) is 8.48. The van der Waals surface area contributed by atoms with Crippen LogP contribution in [0.1, 0.15) is 44.9 Å². The van der Waals surface area contributed by atoms with E-state index in [0.717, 1.165) is 32.2 Å². The van der Waals surface area contributed by atoms with Gasteiger partial charge in [0.15, 0.2) is 0 Å². The van der Waals surface area contributed by atoms with E-state index < -0.39 is 5.97 Å². The molecule has 5 heteroatoms. The highest BCUT2D eigenvalue weighted by molar-refractivity contribution is 5.78. The summed E-state index contributed by atoms with van der Waals surface area (Å²) in [6.07, 6.45) is 5.30. The van der Waals surface area contributed by atoms with Crippen LogP contribution in [0.15, 0.2) is 0 Å². The molecule has 1 atom stereocenters. The first-order valence-electron chi connectivity index (χ1n) is 6.77. The molecule has 0 aromatic heterocycles. The van der Waals surface area contributed by atoms with Crippen molar-refractivity contribution in [1.29, 1.82) is 0 Å².